The lowest BCUT2D eigenvalue weighted by atomic mass is 10.1. The Morgan fingerprint density at radius 3 is 3.00 bits per heavy atom. The molecule has 1 atom stereocenters. The van der Waals surface area contributed by atoms with Gasteiger partial charge in [-0.05, 0) is 25.3 Å². The first-order chi connectivity index (χ1) is 9.17. The number of nitrogens with zero attached hydrogens (tertiary/aromatic N) is 2. The fraction of sp³-hybridized carbons (Fsp3) is 0.571. The van der Waals surface area contributed by atoms with E-state index in [0.29, 0.717) is 29.6 Å². The van der Waals surface area contributed by atoms with Crippen LogP contribution in [0.15, 0.2) is 12.3 Å². The van der Waals surface area contributed by atoms with Crippen LogP contribution in [0, 0.1) is 5.92 Å². The number of ether oxygens (including phenoxy) is 1. The smallest absolute Gasteiger partial charge is 0.340 e. The normalized spacial score (nSPS) is 18.6. The molecule has 0 radical (unpaired) electrons. The van der Waals surface area contributed by atoms with Crippen molar-refractivity contribution >= 4 is 17.5 Å². The third-order valence-corrected chi connectivity index (χ3v) is 3.63. The molecule has 1 unspecified atom stereocenters. The molecule has 1 aliphatic rings. The largest absolute Gasteiger partial charge is 0.462 e. The highest BCUT2D eigenvalue weighted by molar-refractivity contribution is 5.97. The third-order valence-electron chi connectivity index (χ3n) is 3.63. The van der Waals surface area contributed by atoms with E-state index >= 15 is 0 Å². The molecule has 2 heterocycles. The summed E-state index contributed by atoms with van der Waals surface area (Å²) in [5.74, 6) is 1.02. The van der Waals surface area contributed by atoms with E-state index < -0.39 is 0 Å². The third kappa shape index (κ3) is 2.80. The van der Waals surface area contributed by atoms with Crippen molar-refractivity contribution in [3.05, 3.63) is 17.8 Å². The number of nitrogen functional groups attached to an aromatic ring is 1. The Bertz CT molecular complexity index is 462. The Morgan fingerprint density at radius 2 is 2.37 bits per heavy atom. The lowest BCUT2D eigenvalue weighted by Crippen LogP contribution is -2.23. The number of anilines is 2. The van der Waals surface area contributed by atoms with E-state index in [1.165, 1.54) is 0 Å². The standard InChI is InChI=1S/C14H21N3O2/c1-3-10-6-8-17(9-10)13-12(15)11(5-7-16-13)14(18)19-4-2/h5,7,10H,3-4,6,8-9,15H2,1-2H3. The minimum Gasteiger partial charge on any atom is -0.462 e. The van der Waals surface area contributed by atoms with E-state index in [2.05, 4.69) is 16.8 Å². The van der Waals surface area contributed by atoms with Crippen LogP contribution < -0.4 is 10.6 Å². The molecule has 5 heteroatoms. The Hall–Kier alpha value is -1.78. The minimum atomic E-state index is -0.380. The van der Waals surface area contributed by atoms with Crippen LogP contribution in [0.2, 0.25) is 0 Å². The van der Waals surface area contributed by atoms with Gasteiger partial charge < -0.3 is 15.4 Å². The number of carbonyl (C=O) groups excluding carboxylic acids is 1. The molecule has 0 amide bonds. The number of hydrogen-bond donors (Lipinski definition) is 1. The quantitative estimate of drug-likeness (QED) is 0.842. The summed E-state index contributed by atoms with van der Waals surface area (Å²) in [6.07, 6.45) is 3.94. The average Bonchev–Trinajstić information content (AvgIpc) is 2.88. The molecule has 2 N–H and O–H groups in total. The van der Waals surface area contributed by atoms with Gasteiger partial charge in [0.05, 0.1) is 17.9 Å². The van der Waals surface area contributed by atoms with Gasteiger partial charge in [-0.15, -0.1) is 0 Å². The van der Waals surface area contributed by atoms with Crippen molar-refractivity contribution in [3.8, 4) is 0 Å². The first-order valence-electron chi connectivity index (χ1n) is 6.83. The fourth-order valence-corrected chi connectivity index (χ4v) is 2.46. The SMILES string of the molecule is CCOC(=O)c1ccnc(N2CCC(CC)C2)c1N. The highest BCUT2D eigenvalue weighted by Crippen LogP contribution is 2.30. The fourth-order valence-electron chi connectivity index (χ4n) is 2.46. The molecule has 19 heavy (non-hydrogen) atoms. The van der Waals surface area contributed by atoms with Gasteiger partial charge in [0.2, 0.25) is 0 Å². The molecule has 0 bridgehead atoms. The zero-order chi connectivity index (χ0) is 13.8. The Labute approximate surface area is 113 Å². The van der Waals surface area contributed by atoms with Crippen LogP contribution in [-0.4, -0.2) is 30.6 Å². The van der Waals surface area contributed by atoms with Gasteiger partial charge in [0.15, 0.2) is 5.82 Å². The summed E-state index contributed by atoms with van der Waals surface area (Å²) >= 11 is 0. The molecular weight excluding hydrogens is 242 g/mol. The summed E-state index contributed by atoms with van der Waals surface area (Å²) in [6, 6.07) is 1.62. The van der Waals surface area contributed by atoms with Gasteiger partial charge in [-0.1, -0.05) is 13.3 Å². The first kappa shape index (κ1) is 13.6. The lowest BCUT2D eigenvalue weighted by Gasteiger charge is -2.20. The van der Waals surface area contributed by atoms with Crippen LogP contribution in [0.25, 0.3) is 0 Å². The molecule has 1 aromatic heterocycles. The maximum atomic E-state index is 11.8. The summed E-state index contributed by atoms with van der Waals surface area (Å²) in [6.45, 7) is 6.22. The second-order valence-corrected chi connectivity index (χ2v) is 4.83. The molecule has 5 nitrogen and oxygen atoms in total. The van der Waals surface area contributed by atoms with E-state index in [1.807, 2.05) is 0 Å². The summed E-state index contributed by atoms with van der Waals surface area (Å²) in [7, 11) is 0. The van der Waals surface area contributed by atoms with Crippen molar-refractivity contribution in [2.24, 2.45) is 5.92 Å². The summed E-state index contributed by atoms with van der Waals surface area (Å²) in [4.78, 5) is 18.3. The Balaban J connectivity index is 2.23. The topological polar surface area (TPSA) is 68.5 Å². The van der Waals surface area contributed by atoms with Gasteiger partial charge in [0.1, 0.15) is 0 Å². The van der Waals surface area contributed by atoms with Crippen LogP contribution in [0.5, 0.6) is 0 Å². The molecular formula is C14H21N3O2. The Kier molecular flexibility index (Phi) is 4.24. The van der Waals surface area contributed by atoms with Crippen molar-refractivity contribution in [1.29, 1.82) is 0 Å². The van der Waals surface area contributed by atoms with Crippen LogP contribution in [0.4, 0.5) is 11.5 Å². The van der Waals surface area contributed by atoms with Gasteiger partial charge >= 0.3 is 5.97 Å². The molecule has 0 aromatic carbocycles. The number of rotatable bonds is 4. The molecule has 2 rings (SSSR count). The van der Waals surface area contributed by atoms with E-state index in [0.717, 1.165) is 25.9 Å². The van der Waals surface area contributed by atoms with Crippen LogP contribution >= 0.6 is 0 Å². The predicted octanol–water partition coefficient (Wildman–Crippen LogP) is 2.08. The maximum Gasteiger partial charge on any atom is 0.340 e. The Morgan fingerprint density at radius 1 is 1.58 bits per heavy atom. The highest BCUT2D eigenvalue weighted by Gasteiger charge is 2.25. The summed E-state index contributed by atoms with van der Waals surface area (Å²) < 4.78 is 5.00. The van der Waals surface area contributed by atoms with Crippen molar-refractivity contribution in [3.63, 3.8) is 0 Å². The van der Waals surface area contributed by atoms with Gasteiger partial charge in [0.25, 0.3) is 0 Å². The predicted molar refractivity (Wildman–Crippen MR) is 75.2 cm³/mol. The number of pyridine rings is 1. The number of nitrogens with two attached hydrogens (primary N) is 1. The number of esters is 1. The van der Waals surface area contributed by atoms with Gasteiger partial charge in [-0.3, -0.25) is 0 Å². The molecule has 0 aliphatic carbocycles. The average molecular weight is 263 g/mol. The zero-order valence-electron chi connectivity index (χ0n) is 11.6. The second-order valence-electron chi connectivity index (χ2n) is 4.83. The monoisotopic (exact) mass is 263 g/mol. The van der Waals surface area contributed by atoms with Gasteiger partial charge in [0, 0.05) is 19.3 Å². The number of carbonyl (C=O) groups is 1. The summed E-state index contributed by atoms with van der Waals surface area (Å²) in [5.41, 5.74) is 6.91. The van der Waals surface area contributed by atoms with Crippen molar-refractivity contribution in [2.75, 3.05) is 30.3 Å². The van der Waals surface area contributed by atoms with Crippen LogP contribution in [0.3, 0.4) is 0 Å². The first-order valence-corrected chi connectivity index (χ1v) is 6.83. The molecule has 1 aromatic rings. The van der Waals surface area contributed by atoms with E-state index in [-0.39, 0.29) is 5.97 Å². The van der Waals surface area contributed by atoms with Gasteiger partial charge in [-0.25, -0.2) is 9.78 Å². The lowest BCUT2D eigenvalue weighted by molar-refractivity contribution is 0.0527. The van der Waals surface area contributed by atoms with Crippen molar-refractivity contribution in [2.45, 2.75) is 26.7 Å². The number of aromatic nitrogens is 1. The highest BCUT2D eigenvalue weighted by atomic mass is 16.5. The molecule has 0 saturated carbocycles. The van der Waals surface area contributed by atoms with Crippen molar-refractivity contribution < 1.29 is 9.53 Å². The number of hydrogen-bond acceptors (Lipinski definition) is 5. The molecule has 1 aliphatic heterocycles. The second kappa shape index (κ2) is 5.91. The molecule has 104 valence electrons. The van der Waals surface area contributed by atoms with E-state index in [4.69, 9.17) is 10.5 Å². The van der Waals surface area contributed by atoms with Crippen LogP contribution in [-0.2, 0) is 4.74 Å². The van der Waals surface area contributed by atoms with Gasteiger partial charge in [-0.2, -0.15) is 0 Å². The van der Waals surface area contributed by atoms with E-state index in [1.54, 1.807) is 19.2 Å². The molecule has 0 spiro atoms. The van der Waals surface area contributed by atoms with Crippen LogP contribution in [0.1, 0.15) is 37.0 Å². The summed E-state index contributed by atoms with van der Waals surface area (Å²) in [5, 5.41) is 0. The van der Waals surface area contributed by atoms with E-state index in [9.17, 15) is 4.79 Å². The zero-order valence-corrected chi connectivity index (χ0v) is 11.6. The molecule has 1 fully saturated rings. The maximum absolute atomic E-state index is 11.8. The molecule has 1 saturated heterocycles. The minimum absolute atomic E-state index is 0.345. The van der Waals surface area contributed by atoms with Crippen molar-refractivity contribution in [1.82, 2.24) is 4.98 Å².